The molecule has 0 unspecified atom stereocenters. The standard InChI is InChI=1S/C18H21N3O2/c1-17(2)9-18(11-22)10-21(8-14(17)18)16(23)13-6-5-12-4-3-7-19-15(12)20-13/h3-7,14,22H,8-11H2,1-2H3/t14-,18-/m1/s1. The van der Waals surface area contributed by atoms with Gasteiger partial charge in [-0.05, 0) is 42.0 Å². The van der Waals surface area contributed by atoms with E-state index in [1.807, 2.05) is 23.1 Å². The van der Waals surface area contributed by atoms with E-state index in [9.17, 15) is 9.90 Å². The first-order chi connectivity index (χ1) is 11.0. The fourth-order valence-corrected chi connectivity index (χ4v) is 4.73. The number of pyridine rings is 2. The van der Waals surface area contributed by atoms with E-state index >= 15 is 0 Å². The molecule has 23 heavy (non-hydrogen) atoms. The lowest BCUT2D eigenvalue weighted by molar-refractivity contribution is -0.0977. The average molecular weight is 311 g/mol. The van der Waals surface area contributed by atoms with Gasteiger partial charge in [0.05, 0.1) is 6.61 Å². The molecule has 120 valence electrons. The number of amides is 1. The van der Waals surface area contributed by atoms with Crippen LogP contribution in [0.5, 0.6) is 0 Å². The van der Waals surface area contributed by atoms with Gasteiger partial charge in [-0.25, -0.2) is 9.97 Å². The molecule has 1 aliphatic carbocycles. The topological polar surface area (TPSA) is 66.3 Å². The van der Waals surface area contributed by atoms with Crippen LogP contribution < -0.4 is 0 Å². The van der Waals surface area contributed by atoms with E-state index < -0.39 is 0 Å². The predicted octanol–water partition coefficient (Wildman–Crippen LogP) is 2.11. The van der Waals surface area contributed by atoms with Crippen molar-refractivity contribution < 1.29 is 9.90 Å². The molecule has 1 saturated carbocycles. The normalized spacial score (nSPS) is 28.5. The Morgan fingerprint density at radius 1 is 1.39 bits per heavy atom. The summed E-state index contributed by atoms with van der Waals surface area (Å²) in [5, 5.41) is 10.8. The summed E-state index contributed by atoms with van der Waals surface area (Å²) in [7, 11) is 0. The molecule has 2 aromatic heterocycles. The first kappa shape index (κ1) is 14.6. The molecule has 5 heteroatoms. The third kappa shape index (κ3) is 2.06. The fourth-order valence-electron chi connectivity index (χ4n) is 4.73. The van der Waals surface area contributed by atoms with Crippen LogP contribution in [0.3, 0.4) is 0 Å². The number of carbonyl (C=O) groups excluding carboxylic acids is 1. The summed E-state index contributed by atoms with van der Waals surface area (Å²) in [5.41, 5.74) is 1.10. The summed E-state index contributed by atoms with van der Waals surface area (Å²) in [4.78, 5) is 23.3. The molecule has 2 fully saturated rings. The Morgan fingerprint density at radius 3 is 2.91 bits per heavy atom. The van der Waals surface area contributed by atoms with Crippen molar-refractivity contribution in [3.63, 3.8) is 0 Å². The van der Waals surface area contributed by atoms with Crippen LogP contribution in [0, 0.1) is 16.7 Å². The van der Waals surface area contributed by atoms with Crippen LogP contribution in [0.25, 0.3) is 11.0 Å². The Balaban J connectivity index is 1.62. The first-order valence-corrected chi connectivity index (χ1v) is 8.07. The zero-order valence-corrected chi connectivity index (χ0v) is 13.5. The summed E-state index contributed by atoms with van der Waals surface area (Å²) >= 11 is 0. The summed E-state index contributed by atoms with van der Waals surface area (Å²) in [6, 6.07) is 7.45. The Hall–Kier alpha value is -2.01. The highest BCUT2D eigenvalue weighted by Crippen LogP contribution is 2.62. The molecule has 0 aromatic carbocycles. The molecule has 3 heterocycles. The second kappa shape index (κ2) is 4.74. The van der Waals surface area contributed by atoms with Crippen LogP contribution in [0.1, 0.15) is 30.8 Å². The minimum absolute atomic E-state index is 0.0596. The number of aliphatic hydroxyl groups is 1. The van der Waals surface area contributed by atoms with Crippen molar-refractivity contribution in [2.75, 3.05) is 19.7 Å². The summed E-state index contributed by atoms with van der Waals surface area (Å²) < 4.78 is 0. The summed E-state index contributed by atoms with van der Waals surface area (Å²) in [5.74, 6) is 0.304. The molecule has 0 spiro atoms. The van der Waals surface area contributed by atoms with E-state index in [4.69, 9.17) is 0 Å². The lowest BCUT2D eigenvalue weighted by atomic mass is 9.48. The fraction of sp³-hybridized carbons (Fsp3) is 0.500. The first-order valence-electron chi connectivity index (χ1n) is 8.07. The molecule has 5 nitrogen and oxygen atoms in total. The Kier molecular flexibility index (Phi) is 3.00. The molecule has 2 aliphatic rings. The van der Waals surface area contributed by atoms with Gasteiger partial charge in [0.15, 0.2) is 5.65 Å². The van der Waals surface area contributed by atoms with Crippen LogP contribution in [0.4, 0.5) is 0 Å². The lowest BCUT2D eigenvalue weighted by Crippen LogP contribution is -2.54. The van der Waals surface area contributed by atoms with Crippen molar-refractivity contribution >= 4 is 16.9 Å². The maximum absolute atomic E-state index is 12.8. The second-order valence-electron chi connectivity index (χ2n) is 7.67. The molecule has 1 aliphatic heterocycles. The SMILES string of the molecule is CC1(C)C[C@]2(CO)CN(C(=O)c3ccc4cccnc4n3)C[C@H]12. The van der Waals surface area contributed by atoms with Gasteiger partial charge in [0.1, 0.15) is 5.69 Å². The molecule has 4 rings (SSSR count). The van der Waals surface area contributed by atoms with E-state index in [1.54, 1.807) is 12.3 Å². The quantitative estimate of drug-likeness (QED) is 0.922. The van der Waals surface area contributed by atoms with Gasteiger partial charge in [-0.3, -0.25) is 4.79 Å². The molecular weight excluding hydrogens is 290 g/mol. The van der Waals surface area contributed by atoms with Gasteiger partial charge in [0.2, 0.25) is 0 Å². The molecular formula is C18H21N3O2. The Morgan fingerprint density at radius 2 is 2.22 bits per heavy atom. The van der Waals surface area contributed by atoms with Crippen molar-refractivity contribution in [3.05, 3.63) is 36.2 Å². The van der Waals surface area contributed by atoms with Crippen LogP contribution in [-0.4, -0.2) is 45.6 Å². The van der Waals surface area contributed by atoms with Gasteiger partial charge in [-0.1, -0.05) is 13.8 Å². The highest BCUT2D eigenvalue weighted by atomic mass is 16.3. The molecule has 1 N–H and O–H groups in total. The van der Waals surface area contributed by atoms with Crippen molar-refractivity contribution in [2.24, 2.45) is 16.7 Å². The lowest BCUT2D eigenvalue weighted by Gasteiger charge is -2.55. The van der Waals surface area contributed by atoms with E-state index in [0.29, 0.717) is 30.3 Å². The smallest absolute Gasteiger partial charge is 0.272 e. The minimum Gasteiger partial charge on any atom is -0.396 e. The Labute approximate surface area is 135 Å². The molecule has 0 radical (unpaired) electrons. The van der Waals surface area contributed by atoms with Gasteiger partial charge in [0, 0.05) is 30.1 Å². The van der Waals surface area contributed by atoms with E-state index in [1.165, 1.54) is 0 Å². The number of aromatic nitrogens is 2. The van der Waals surface area contributed by atoms with Crippen molar-refractivity contribution in [2.45, 2.75) is 20.3 Å². The maximum atomic E-state index is 12.8. The highest BCUT2D eigenvalue weighted by molar-refractivity contribution is 5.94. The molecule has 2 atom stereocenters. The van der Waals surface area contributed by atoms with Crippen LogP contribution in [0.2, 0.25) is 0 Å². The number of carbonyl (C=O) groups is 1. The third-order valence-corrected chi connectivity index (χ3v) is 5.68. The third-order valence-electron chi connectivity index (χ3n) is 5.68. The van der Waals surface area contributed by atoms with Gasteiger partial charge in [0.25, 0.3) is 5.91 Å². The van der Waals surface area contributed by atoms with Crippen LogP contribution >= 0.6 is 0 Å². The molecule has 0 bridgehead atoms. The van der Waals surface area contributed by atoms with Gasteiger partial charge in [-0.2, -0.15) is 0 Å². The minimum atomic E-state index is -0.117. The summed E-state index contributed by atoms with van der Waals surface area (Å²) in [6.45, 7) is 5.92. The second-order valence-corrected chi connectivity index (χ2v) is 7.67. The van der Waals surface area contributed by atoms with Crippen LogP contribution in [-0.2, 0) is 0 Å². The average Bonchev–Trinajstić information content (AvgIpc) is 2.89. The van der Waals surface area contributed by atoms with Crippen molar-refractivity contribution in [1.29, 1.82) is 0 Å². The number of fused-ring (bicyclic) bond motifs is 2. The van der Waals surface area contributed by atoms with Gasteiger partial charge >= 0.3 is 0 Å². The molecule has 2 aromatic rings. The van der Waals surface area contributed by atoms with Crippen molar-refractivity contribution in [3.8, 4) is 0 Å². The monoisotopic (exact) mass is 311 g/mol. The van der Waals surface area contributed by atoms with E-state index in [-0.39, 0.29) is 23.3 Å². The van der Waals surface area contributed by atoms with E-state index in [2.05, 4.69) is 23.8 Å². The number of hydrogen-bond acceptors (Lipinski definition) is 4. The van der Waals surface area contributed by atoms with E-state index in [0.717, 1.165) is 11.8 Å². The van der Waals surface area contributed by atoms with Gasteiger partial charge < -0.3 is 10.0 Å². The largest absolute Gasteiger partial charge is 0.396 e. The highest BCUT2D eigenvalue weighted by Gasteiger charge is 2.63. The predicted molar refractivity (Wildman–Crippen MR) is 86.8 cm³/mol. The zero-order valence-electron chi connectivity index (χ0n) is 13.5. The number of likely N-dealkylation sites (tertiary alicyclic amines) is 1. The van der Waals surface area contributed by atoms with Crippen LogP contribution in [0.15, 0.2) is 30.5 Å². The molecule has 1 saturated heterocycles. The number of rotatable bonds is 2. The number of hydrogen-bond donors (Lipinski definition) is 1. The summed E-state index contributed by atoms with van der Waals surface area (Å²) in [6.07, 6.45) is 2.65. The van der Waals surface area contributed by atoms with Crippen molar-refractivity contribution in [1.82, 2.24) is 14.9 Å². The number of aliphatic hydroxyl groups excluding tert-OH is 1. The molecule has 1 amide bonds. The van der Waals surface area contributed by atoms with Gasteiger partial charge in [-0.15, -0.1) is 0 Å². The number of nitrogens with zero attached hydrogens (tertiary/aromatic N) is 3. The Bertz CT molecular complexity index is 789. The maximum Gasteiger partial charge on any atom is 0.272 e. The zero-order chi connectivity index (χ0) is 16.2.